The van der Waals surface area contributed by atoms with Crippen LogP contribution in [0.4, 0.5) is 0 Å². The zero-order valence-electron chi connectivity index (χ0n) is 24.6. The van der Waals surface area contributed by atoms with Crippen molar-refractivity contribution in [3.05, 3.63) is 23.3 Å². The molecule has 7 unspecified atom stereocenters. The minimum atomic E-state index is -0.676. The average molecular weight is 507 g/mol. The number of allylic oxidation sites excluding steroid dienone is 2. The lowest BCUT2D eigenvalue weighted by Gasteiger charge is -2.37. The lowest BCUT2D eigenvalue weighted by Crippen LogP contribution is -2.39. The first-order chi connectivity index (χ1) is 17.1. The van der Waals surface area contributed by atoms with Crippen LogP contribution in [0.15, 0.2) is 23.3 Å². The molecule has 0 saturated carbocycles. The van der Waals surface area contributed by atoms with E-state index in [2.05, 4.69) is 53.7 Å². The first kappa shape index (κ1) is 32.9. The SMILES string of the molecule is CCCCOC1C(CCC(C)CCC/C(C)=C/CCC(C)CCCC(C)C(=O)O)=CC(O)C(C)C1C. The maximum Gasteiger partial charge on any atom is 0.306 e. The molecule has 0 aliphatic heterocycles. The summed E-state index contributed by atoms with van der Waals surface area (Å²) in [7, 11) is 0. The van der Waals surface area contributed by atoms with Gasteiger partial charge >= 0.3 is 5.97 Å². The molecule has 4 heteroatoms. The van der Waals surface area contributed by atoms with Crippen LogP contribution in [-0.2, 0) is 9.53 Å². The van der Waals surface area contributed by atoms with Gasteiger partial charge in [0.15, 0.2) is 0 Å². The average Bonchev–Trinajstić information content (AvgIpc) is 2.82. The molecule has 0 aromatic carbocycles. The van der Waals surface area contributed by atoms with E-state index in [1.54, 1.807) is 6.92 Å². The minimum absolute atomic E-state index is 0.162. The predicted octanol–water partition coefficient (Wildman–Crippen LogP) is 8.59. The molecular weight excluding hydrogens is 448 g/mol. The zero-order chi connectivity index (χ0) is 27.1. The van der Waals surface area contributed by atoms with Crippen LogP contribution >= 0.6 is 0 Å². The van der Waals surface area contributed by atoms with E-state index in [1.807, 2.05) is 0 Å². The van der Waals surface area contributed by atoms with Crippen LogP contribution in [-0.4, -0.2) is 35.0 Å². The number of rotatable bonds is 19. The Balaban J connectivity index is 2.32. The van der Waals surface area contributed by atoms with Crippen molar-refractivity contribution in [1.29, 1.82) is 0 Å². The minimum Gasteiger partial charge on any atom is -0.481 e. The van der Waals surface area contributed by atoms with Crippen LogP contribution in [0.2, 0.25) is 0 Å². The maximum absolute atomic E-state index is 10.9. The highest BCUT2D eigenvalue weighted by Crippen LogP contribution is 2.35. The summed E-state index contributed by atoms with van der Waals surface area (Å²) in [6.45, 7) is 16.1. The smallest absolute Gasteiger partial charge is 0.306 e. The quantitative estimate of drug-likeness (QED) is 0.136. The lowest BCUT2D eigenvalue weighted by atomic mass is 9.76. The molecule has 0 amide bonds. The Kier molecular flexibility index (Phi) is 16.6. The molecule has 1 rings (SSSR count). The molecule has 0 aromatic rings. The molecule has 0 saturated heterocycles. The molecule has 0 spiro atoms. The summed E-state index contributed by atoms with van der Waals surface area (Å²) in [5.74, 6) is 1.04. The molecule has 210 valence electrons. The molecule has 0 fully saturated rings. The fraction of sp³-hybridized carbons (Fsp3) is 0.844. The fourth-order valence-corrected chi connectivity index (χ4v) is 5.27. The second-order valence-corrected chi connectivity index (χ2v) is 12.0. The van der Waals surface area contributed by atoms with E-state index < -0.39 is 5.97 Å². The number of aliphatic hydroxyl groups is 1. The van der Waals surface area contributed by atoms with E-state index in [-0.39, 0.29) is 24.0 Å². The van der Waals surface area contributed by atoms with Gasteiger partial charge in [0, 0.05) is 6.61 Å². The number of unbranched alkanes of at least 4 members (excludes halogenated alkanes) is 1. The van der Waals surface area contributed by atoms with Gasteiger partial charge in [-0.05, 0) is 87.5 Å². The third kappa shape index (κ3) is 12.9. The van der Waals surface area contributed by atoms with E-state index >= 15 is 0 Å². The molecule has 1 aliphatic carbocycles. The van der Waals surface area contributed by atoms with Gasteiger partial charge in [-0.15, -0.1) is 0 Å². The van der Waals surface area contributed by atoms with Gasteiger partial charge in [-0.1, -0.05) is 85.0 Å². The van der Waals surface area contributed by atoms with Crippen LogP contribution in [0.3, 0.4) is 0 Å². The van der Waals surface area contributed by atoms with E-state index in [4.69, 9.17) is 9.84 Å². The second-order valence-electron chi connectivity index (χ2n) is 12.0. The Bertz CT molecular complexity index is 667. The molecule has 0 heterocycles. The molecule has 1 aliphatic rings. The van der Waals surface area contributed by atoms with Crippen LogP contribution in [0, 0.1) is 29.6 Å². The third-order valence-electron chi connectivity index (χ3n) is 8.49. The summed E-state index contributed by atoms with van der Waals surface area (Å²) >= 11 is 0. The highest BCUT2D eigenvalue weighted by molar-refractivity contribution is 5.69. The summed E-state index contributed by atoms with van der Waals surface area (Å²) in [6, 6.07) is 0. The molecule has 2 N–H and O–H groups in total. The van der Waals surface area contributed by atoms with Crippen LogP contribution in [0.5, 0.6) is 0 Å². The van der Waals surface area contributed by atoms with Crippen LogP contribution in [0.1, 0.15) is 126 Å². The first-order valence-corrected chi connectivity index (χ1v) is 14.9. The van der Waals surface area contributed by atoms with Crippen molar-refractivity contribution in [3.63, 3.8) is 0 Å². The number of carboxylic acid groups (broad SMARTS) is 1. The molecule has 0 aromatic heterocycles. The predicted molar refractivity (Wildman–Crippen MR) is 152 cm³/mol. The van der Waals surface area contributed by atoms with Crippen molar-refractivity contribution in [2.45, 2.75) is 138 Å². The highest BCUT2D eigenvalue weighted by atomic mass is 16.5. The Hall–Kier alpha value is -1.13. The van der Waals surface area contributed by atoms with Gasteiger partial charge in [0.25, 0.3) is 0 Å². The zero-order valence-corrected chi connectivity index (χ0v) is 24.6. The Morgan fingerprint density at radius 3 is 2.33 bits per heavy atom. The molecule has 7 atom stereocenters. The number of hydrogen-bond acceptors (Lipinski definition) is 3. The van der Waals surface area contributed by atoms with Gasteiger partial charge in [0.05, 0.1) is 18.1 Å². The normalized spacial score (nSPS) is 25.3. The molecule has 4 nitrogen and oxygen atoms in total. The number of aliphatic hydroxyl groups excluding tert-OH is 1. The van der Waals surface area contributed by atoms with Crippen molar-refractivity contribution in [2.75, 3.05) is 6.61 Å². The largest absolute Gasteiger partial charge is 0.481 e. The number of hydrogen-bond donors (Lipinski definition) is 2. The Morgan fingerprint density at radius 2 is 1.67 bits per heavy atom. The first-order valence-electron chi connectivity index (χ1n) is 14.9. The van der Waals surface area contributed by atoms with E-state index in [1.165, 1.54) is 36.8 Å². The van der Waals surface area contributed by atoms with Gasteiger partial charge in [0.1, 0.15) is 0 Å². The third-order valence-corrected chi connectivity index (χ3v) is 8.49. The van der Waals surface area contributed by atoms with Crippen molar-refractivity contribution in [1.82, 2.24) is 0 Å². The number of ether oxygens (including phenoxy) is 1. The molecule has 0 radical (unpaired) electrons. The van der Waals surface area contributed by atoms with E-state index in [9.17, 15) is 9.90 Å². The summed E-state index contributed by atoms with van der Waals surface area (Å²) in [5, 5.41) is 19.5. The van der Waals surface area contributed by atoms with Gasteiger partial charge in [0.2, 0.25) is 0 Å². The van der Waals surface area contributed by atoms with Gasteiger partial charge < -0.3 is 14.9 Å². The molecular formula is C32H58O4. The van der Waals surface area contributed by atoms with E-state index in [0.717, 1.165) is 58.0 Å². The van der Waals surface area contributed by atoms with Crippen molar-refractivity contribution < 1.29 is 19.7 Å². The maximum atomic E-state index is 10.9. The Labute approximate surface area is 223 Å². The summed E-state index contributed by atoms with van der Waals surface area (Å²) < 4.78 is 6.30. The summed E-state index contributed by atoms with van der Waals surface area (Å²) in [6.07, 6.45) is 17.6. The van der Waals surface area contributed by atoms with Crippen molar-refractivity contribution in [3.8, 4) is 0 Å². The summed E-state index contributed by atoms with van der Waals surface area (Å²) in [5.41, 5.74) is 2.82. The number of carbonyl (C=O) groups is 1. The van der Waals surface area contributed by atoms with Gasteiger partial charge in [-0.2, -0.15) is 0 Å². The van der Waals surface area contributed by atoms with E-state index in [0.29, 0.717) is 17.8 Å². The second kappa shape index (κ2) is 18.2. The number of carboxylic acids is 1. The fourth-order valence-electron chi connectivity index (χ4n) is 5.27. The molecule has 0 bridgehead atoms. The lowest BCUT2D eigenvalue weighted by molar-refractivity contribution is -0.141. The van der Waals surface area contributed by atoms with Crippen LogP contribution in [0.25, 0.3) is 0 Å². The monoisotopic (exact) mass is 506 g/mol. The Morgan fingerprint density at radius 1 is 1.00 bits per heavy atom. The van der Waals surface area contributed by atoms with Gasteiger partial charge in [-0.25, -0.2) is 0 Å². The standard InChI is InChI=1S/C32H58O4/c1-8-9-21-36-31-28(7)27(6)30(33)22-29(31)20-19-25(4)16-11-15-23(2)13-10-14-24(3)17-12-18-26(5)32(34)35/h13,22,24-28,30-31,33H,8-12,14-21H2,1-7H3,(H,34,35)/b23-13+. The number of aliphatic carboxylic acids is 1. The molecule has 36 heavy (non-hydrogen) atoms. The highest BCUT2D eigenvalue weighted by Gasteiger charge is 2.34. The van der Waals surface area contributed by atoms with Crippen molar-refractivity contribution >= 4 is 5.97 Å². The topological polar surface area (TPSA) is 66.8 Å². The van der Waals surface area contributed by atoms with Gasteiger partial charge in [-0.3, -0.25) is 4.79 Å². The summed E-state index contributed by atoms with van der Waals surface area (Å²) in [4.78, 5) is 10.9. The van der Waals surface area contributed by atoms with Crippen LogP contribution < -0.4 is 0 Å². The van der Waals surface area contributed by atoms with Crippen molar-refractivity contribution in [2.24, 2.45) is 29.6 Å².